The summed E-state index contributed by atoms with van der Waals surface area (Å²) < 4.78 is 25.5. The molecule has 5 heteroatoms. The molecule has 0 saturated heterocycles. The van der Waals surface area contributed by atoms with Crippen molar-refractivity contribution in [1.82, 2.24) is 9.29 Å². The third kappa shape index (κ3) is 4.86. The van der Waals surface area contributed by atoms with Crippen molar-refractivity contribution in [3.05, 3.63) is 42.2 Å². The Morgan fingerprint density at radius 3 is 2.84 bits per heavy atom. The van der Waals surface area contributed by atoms with E-state index in [0.29, 0.717) is 12.1 Å². The first-order valence-corrected chi connectivity index (χ1v) is 7.55. The topological polar surface area (TPSA) is 50.3 Å². The molecule has 0 aliphatic heterocycles. The number of rotatable bonds is 7. The van der Waals surface area contributed by atoms with Crippen LogP contribution < -0.4 is 0 Å². The van der Waals surface area contributed by atoms with E-state index >= 15 is 0 Å². The molecule has 1 aromatic heterocycles. The van der Waals surface area contributed by atoms with E-state index in [2.05, 4.69) is 17.5 Å². The van der Waals surface area contributed by atoms with E-state index in [9.17, 15) is 8.42 Å². The molecule has 1 aromatic rings. The lowest BCUT2D eigenvalue weighted by molar-refractivity contribution is 0.438. The molecule has 0 N–H and O–H groups in total. The molecule has 0 aliphatic rings. The average molecular weight is 278 g/mol. The lowest BCUT2D eigenvalue weighted by atomic mass is 10.3. The Bertz CT molecular complexity index is 573. The van der Waals surface area contributed by atoms with Crippen LogP contribution in [-0.4, -0.2) is 30.0 Å². The minimum atomic E-state index is -3.38. The zero-order valence-electron chi connectivity index (χ0n) is 11.0. The van der Waals surface area contributed by atoms with Crippen LogP contribution in [0.15, 0.2) is 30.9 Å². The van der Waals surface area contributed by atoms with Crippen molar-refractivity contribution >= 4 is 10.0 Å². The Morgan fingerprint density at radius 1 is 1.53 bits per heavy atom. The predicted octanol–water partition coefficient (Wildman–Crippen LogP) is 1.73. The van der Waals surface area contributed by atoms with Crippen LogP contribution in [0.4, 0.5) is 0 Å². The number of nitrogens with zero attached hydrogens (tertiary/aromatic N) is 2. The number of pyridine rings is 1. The summed E-state index contributed by atoms with van der Waals surface area (Å²) in [4.78, 5) is 4.29. The first-order chi connectivity index (χ1) is 8.99. The average Bonchev–Trinajstić information content (AvgIpc) is 2.36. The van der Waals surface area contributed by atoms with Gasteiger partial charge in [0.1, 0.15) is 0 Å². The number of hydrogen-bond donors (Lipinski definition) is 0. The summed E-state index contributed by atoms with van der Waals surface area (Å²) in [6.07, 6.45) is 7.23. The highest BCUT2D eigenvalue weighted by molar-refractivity contribution is 7.89. The number of terminal acetylenes is 1. The van der Waals surface area contributed by atoms with Crippen LogP contribution in [0, 0.1) is 19.3 Å². The van der Waals surface area contributed by atoms with Crippen molar-refractivity contribution in [2.45, 2.75) is 19.9 Å². The normalized spacial score (nSPS) is 11.2. The quantitative estimate of drug-likeness (QED) is 0.564. The molecule has 0 aliphatic carbocycles. The van der Waals surface area contributed by atoms with Crippen molar-refractivity contribution in [2.75, 3.05) is 12.3 Å². The third-order valence-electron chi connectivity index (χ3n) is 2.53. The maximum atomic E-state index is 12.1. The number of allylic oxidation sites excluding steroid dienone is 1. The second kappa shape index (κ2) is 7.07. The van der Waals surface area contributed by atoms with E-state index in [1.54, 1.807) is 12.1 Å². The van der Waals surface area contributed by atoms with Crippen LogP contribution in [0.25, 0.3) is 0 Å². The lowest BCUT2D eigenvalue weighted by Gasteiger charge is -2.19. The maximum absolute atomic E-state index is 12.1. The molecule has 4 nitrogen and oxygen atoms in total. The molecule has 19 heavy (non-hydrogen) atoms. The van der Waals surface area contributed by atoms with E-state index in [0.717, 1.165) is 5.69 Å². The van der Waals surface area contributed by atoms with E-state index < -0.39 is 10.0 Å². The minimum absolute atomic E-state index is 0.0179. The molecule has 0 atom stereocenters. The molecule has 0 radical (unpaired) electrons. The second-order valence-corrected chi connectivity index (χ2v) is 6.22. The molecule has 0 bridgehead atoms. The predicted molar refractivity (Wildman–Crippen MR) is 76.8 cm³/mol. The van der Waals surface area contributed by atoms with Crippen LogP contribution in [-0.2, 0) is 16.6 Å². The molecular formula is C14H18N2O2S. The van der Waals surface area contributed by atoms with Gasteiger partial charge in [-0.1, -0.05) is 18.1 Å². The Morgan fingerprint density at radius 2 is 2.26 bits per heavy atom. The second-order valence-electron chi connectivity index (χ2n) is 4.14. The molecule has 0 saturated carbocycles. The number of aryl methyl sites for hydroxylation is 1. The summed E-state index contributed by atoms with van der Waals surface area (Å²) in [6, 6.07) is 5.50. The Labute approximate surface area is 115 Å². The number of aromatic nitrogens is 1. The van der Waals surface area contributed by atoms with Crippen molar-refractivity contribution in [1.29, 1.82) is 0 Å². The van der Waals surface area contributed by atoms with Crippen LogP contribution in [0.2, 0.25) is 0 Å². The number of sulfonamides is 1. The molecule has 0 spiro atoms. The van der Waals surface area contributed by atoms with Gasteiger partial charge in [0.15, 0.2) is 0 Å². The monoisotopic (exact) mass is 278 g/mol. The highest BCUT2D eigenvalue weighted by Crippen LogP contribution is 2.09. The third-order valence-corrected chi connectivity index (χ3v) is 4.32. The summed E-state index contributed by atoms with van der Waals surface area (Å²) in [7, 11) is -3.38. The molecular weight excluding hydrogens is 260 g/mol. The molecule has 0 unspecified atom stereocenters. The molecule has 1 rings (SSSR count). The Kier molecular flexibility index (Phi) is 5.74. The van der Waals surface area contributed by atoms with Gasteiger partial charge in [0.25, 0.3) is 0 Å². The van der Waals surface area contributed by atoms with Crippen LogP contribution in [0.1, 0.15) is 17.8 Å². The first kappa shape index (κ1) is 15.4. The van der Waals surface area contributed by atoms with Gasteiger partial charge in [-0.05, 0) is 25.5 Å². The van der Waals surface area contributed by atoms with E-state index in [1.165, 1.54) is 4.31 Å². The van der Waals surface area contributed by atoms with Gasteiger partial charge in [-0.2, -0.15) is 4.31 Å². The SMILES string of the molecule is C#CCN(Cc1cccc(C)n1)S(=O)(=O)CCC=C. The molecule has 102 valence electrons. The van der Waals surface area contributed by atoms with Gasteiger partial charge in [-0.3, -0.25) is 4.98 Å². The first-order valence-electron chi connectivity index (χ1n) is 5.94. The Balaban J connectivity index is 2.89. The highest BCUT2D eigenvalue weighted by Gasteiger charge is 2.21. The summed E-state index contributed by atoms with van der Waals surface area (Å²) in [5.41, 5.74) is 1.54. The summed E-state index contributed by atoms with van der Waals surface area (Å²) in [5.74, 6) is 2.40. The largest absolute Gasteiger partial charge is 0.257 e. The van der Waals surface area contributed by atoms with Gasteiger partial charge in [0.2, 0.25) is 10.0 Å². The fraction of sp³-hybridized carbons (Fsp3) is 0.357. The summed E-state index contributed by atoms with van der Waals surface area (Å²) in [6.45, 7) is 5.64. The highest BCUT2D eigenvalue weighted by atomic mass is 32.2. The van der Waals surface area contributed by atoms with Crippen molar-refractivity contribution in [3.63, 3.8) is 0 Å². The van der Waals surface area contributed by atoms with Gasteiger partial charge in [0, 0.05) is 5.69 Å². The van der Waals surface area contributed by atoms with Gasteiger partial charge in [-0.15, -0.1) is 13.0 Å². The zero-order chi connectivity index (χ0) is 14.3. The summed E-state index contributed by atoms with van der Waals surface area (Å²) >= 11 is 0. The molecule has 0 fully saturated rings. The standard InChI is InChI=1S/C14H18N2O2S/c1-4-6-11-19(17,18)16(10-5-2)12-14-9-7-8-13(3)15-14/h2,4,7-9H,1,6,10-12H2,3H3. The molecule has 0 aromatic carbocycles. The zero-order valence-corrected chi connectivity index (χ0v) is 11.9. The van der Waals surface area contributed by atoms with Gasteiger partial charge < -0.3 is 0 Å². The van der Waals surface area contributed by atoms with Crippen LogP contribution in [0.5, 0.6) is 0 Å². The molecule has 1 heterocycles. The fourth-order valence-electron chi connectivity index (χ4n) is 1.58. The summed E-state index contributed by atoms with van der Waals surface area (Å²) in [5, 5.41) is 0. The number of hydrogen-bond acceptors (Lipinski definition) is 3. The lowest BCUT2D eigenvalue weighted by Crippen LogP contribution is -2.33. The van der Waals surface area contributed by atoms with Crippen molar-refractivity contribution in [2.24, 2.45) is 0 Å². The minimum Gasteiger partial charge on any atom is -0.257 e. The maximum Gasteiger partial charge on any atom is 0.215 e. The van der Waals surface area contributed by atoms with E-state index in [1.807, 2.05) is 19.1 Å². The van der Waals surface area contributed by atoms with Gasteiger partial charge >= 0.3 is 0 Å². The van der Waals surface area contributed by atoms with E-state index in [4.69, 9.17) is 6.42 Å². The van der Waals surface area contributed by atoms with Crippen molar-refractivity contribution in [3.8, 4) is 12.3 Å². The Hall–Kier alpha value is -1.64. The smallest absolute Gasteiger partial charge is 0.215 e. The van der Waals surface area contributed by atoms with E-state index in [-0.39, 0.29) is 18.8 Å². The van der Waals surface area contributed by atoms with Crippen LogP contribution in [0.3, 0.4) is 0 Å². The van der Waals surface area contributed by atoms with Crippen LogP contribution >= 0.6 is 0 Å². The molecule has 0 amide bonds. The van der Waals surface area contributed by atoms with Gasteiger partial charge in [0.05, 0.1) is 24.5 Å². The fourth-order valence-corrected chi connectivity index (χ4v) is 2.91. The van der Waals surface area contributed by atoms with Gasteiger partial charge in [-0.25, -0.2) is 8.42 Å². The van der Waals surface area contributed by atoms with Crippen molar-refractivity contribution < 1.29 is 8.42 Å².